The first-order valence-electron chi connectivity index (χ1n) is 6.71. The average Bonchev–Trinajstić information content (AvgIpc) is 2.72. The number of hydrogen-bond acceptors (Lipinski definition) is 4. The Balaban J connectivity index is 2.13. The molecule has 0 radical (unpaired) electrons. The summed E-state index contributed by atoms with van der Waals surface area (Å²) in [6.07, 6.45) is 4.43. The van der Waals surface area contributed by atoms with Gasteiger partial charge in [0.1, 0.15) is 4.32 Å². The fourth-order valence-corrected chi connectivity index (χ4v) is 3.34. The van der Waals surface area contributed by atoms with E-state index in [4.69, 9.17) is 17.3 Å². The molecule has 3 nitrogen and oxygen atoms in total. The van der Waals surface area contributed by atoms with Crippen molar-refractivity contribution < 1.29 is 9.90 Å². The predicted octanol–water partition coefficient (Wildman–Crippen LogP) is 3.22. The van der Waals surface area contributed by atoms with Gasteiger partial charge in [-0.15, -0.1) is 0 Å². The van der Waals surface area contributed by atoms with Gasteiger partial charge in [0, 0.05) is 13.2 Å². The number of nitrogens with zero attached hydrogens (tertiary/aromatic N) is 1. The van der Waals surface area contributed by atoms with E-state index in [-0.39, 0.29) is 12.5 Å². The zero-order chi connectivity index (χ0) is 15.2. The van der Waals surface area contributed by atoms with Crippen molar-refractivity contribution in [2.45, 2.75) is 13.3 Å². The Bertz CT molecular complexity index is 594. The van der Waals surface area contributed by atoms with Crippen molar-refractivity contribution in [2.75, 3.05) is 13.2 Å². The third kappa shape index (κ3) is 4.27. The van der Waals surface area contributed by atoms with Gasteiger partial charge in [-0.25, -0.2) is 0 Å². The topological polar surface area (TPSA) is 40.5 Å². The van der Waals surface area contributed by atoms with Crippen molar-refractivity contribution in [3.8, 4) is 0 Å². The second kappa shape index (κ2) is 7.54. The molecule has 1 fully saturated rings. The number of allylic oxidation sites excluding steroid dienone is 2. The maximum Gasteiger partial charge on any atom is 0.266 e. The van der Waals surface area contributed by atoms with E-state index in [9.17, 15) is 4.79 Å². The van der Waals surface area contributed by atoms with E-state index in [1.165, 1.54) is 11.8 Å². The third-order valence-corrected chi connectivity index (χ3v) is 4.34. The summed E-state index contributed by atoms with van der Waals surface area (Å²) in [5.74, 6) is -0.0701. The number of aliphatic hydroxyl groups excluding tert-OH is 1. The fraction of sp³-hybridized carbons (Fsp3) is 0.250. The average molecular weight is 319 g/mol. The molecular formula is C16H17NO2S2. The van der Waals surface area contributed by atoms with Gasteiger partial charge in [-0.05, 0) is 30.6 Å². The lowest BCUT2D eigenvalue weighted by Crippen LogP contribution is -2.29. The van der Waals surface area contributed by atoms with Gasteiger partial charge in [0.2, 0.25) is 0 Å². The molecule has 0 saturated carbocycles. The summed E-state index contributed by atoms with van der Waals surface area (Å²) in [7, 11) is 0. The minimum absolute atomic E-state index is 0.0586. The Morgan fingerprint density at radius 1 is 1.38 bits per heavy atom. The van der Waals surface area contributed by atoms with Crippen LogP contribution in [0.25, 0.3) is 6.08 Å². The quantitative estimate of drug-likeness (QED) is 0.668. The summed E-state index contributed by atoms with van der Waals surface area (Å²) in [6, 6.07) is 9.97. The van der Waals surface area contributed by atoms with E-state index >= 15 is 0 Å². The molecule has 5 heteroatoms. The highest BCUT2D eigenvalue weighted by atomic mass is 32.2. The highest BCUT2D eigenvalue weighted by Gasteiger charge is 2.31. The van der Waals surface area contributed by atoms with E-state index in [2.05, 4.69) is 0 Å². The van der Waals surface area contributed by atoms with Crippen LogP contribution < -0.4 is 0 Å². The molecule has 1 aliphatic heterocycles. The molecule has 0 unspecified atom stereocenters. The van der Waals surface area contributed by atoms with E-state index in [0.717, 1.165) is 11.1 Å². The van der Waals surface area contributed by atoms with Crippen LogP contribution in [0.15, 0.2) is 46.9 Å². The molecule has 1 N–H and O–H groups in total. The van der Waals surface area contributed by atoms with E-state index in [0.29, 0.717) is 22.2 Å². The van der Waals surface area contributed by atoms with Crippen LogP contribution in [-0.4, -0.2) is 33.4 Å². The van der Waals surface area contributed by atoms with Gasteiger partial charge in [-0.1, -0.05) is 60.4 Å². The smallest absolute Gasteiger partial charge is 0.266 e. The maximum atomic E-state index is 12.3. The van der Waals surface area contributed by atoms with Crippen molar-refractivity contribution >= 4 is 40.3 Å². The summed E-state index contributed by atoms with van der Waals surface area (Å²) < 4.78 is 0.562. The lowest BCUT2D eigenvalue weighted by Gasteiger charge is -2.12. The molecule has 1 aromatic carbocycles. The van der Waals surface area contributed by atoms with Gasteiger partial charge in [-0.2, -0.15) is 0 Å². The van der Waals surface area contributed by atoms with Crippen LogP contribution in [0, 0.1) is 0 Å². The molecule has 0 bridgehead atoms. The van der Waals surface area contributed by atoms with Gasteiger partial charge >= 0.3 is 0 Å². The molecule has 1 saturated heterocycles. The monoisotopic (exact) mass is 319 g/mol. The molecule has 2 rings (SSSR count). The highest BCUT2D eigenvalue weighted by molar-refractivity contribution is 8.26. The van der Waals surface area contributed by atoms with Crippen molar-refractivity contribution in [1.29, 1.82) is 0 Å². The van der Waals surface area contributed by atoms with Crippen LogP contribution in [0.3, 0.4) is 0 Å². The van der Waals surface area contributed by atoms with Crippen molar-refractivity contribution in [2.24, 2.45) is 0 Å². The van der Waals surface area contributed by atoms with Crippen LogP contribution in [0.5, 0.6) is 0 Å². The van der Waals surface area contributed by atoms with Gasteiger partial charge in [0.15, 0.2) is 0 Å². The molecule has 1 amide bonds. The van der Waals surface area contributed by atoms with Gasteiger partial charge < -0.3 is 5.11 Å². The number of thioether (sulfide) groups is 1. The summed E-state index contributed by atoms with van der Waals surface area (Å²) in [5, 5.41) is 8.86. The minimum atomic E-state index is -0.0701. The molecular weight excluding hydrogens is 302 g/mol. The lowest BCUT2D eigenvalue weighted by molar-refractivity contribution is -0.122. The standard InChI is InChI=1S/C16H17NO2S2/c1-12(10-13-6-3-2-4-7-13)11-14-15(19)17(8-5-9-18)16(20)21-14/h2-4,6-7,10-11,18H,5,8-9H2,1H3/b12-10+,14-11-. The molecule has 0 aromatic heterocycles. The summed E-state index contributed by atoms with van der Waals surface area (Å²) >= 11 is 6.53. The van der Waals surface area contributed by atoms with E-state index in [1.54, 1.807) is 4.90 Å². The Kier molecular flexibility index (Phi) is 5.73. The molecule has 1 aliphatic rings. The highest BCUT2D eigenvalue weighted by Crippen LogP contribution is 2.32. The number of carbonyl (C=O) groups excluding carboxylic acids is 1. The summed E-state index contributed by atoms with van der Waals surface area (Å²) in [6.45, 7) is 2.50. The number of aliphatic hydroxyl groups is 1. The Morgan fingerprint density at radius 2 is 2.10 bits per heavy atom. The number of benzene rings is 1. The predicted molar refractivity (Wildman–Crippen MR) is 91.8 cm³/mol. The number of thiocarbonyl (C=S) groups is 1. The molecule has 1 heterocycles. The van der Waals surface area contributed by atoms with Crippen LogP contribution in [0.4, 0.5) is 0 Å². The number of hydrogen-bond donors (Lipinski definition) is 1. The van der Waals surface area contributed by atoms with E-state index < -0.39 is 0 Å². The normalized spacial score (nSPS) is 17.9. The molecule has 0 spiro atoms. The number of rotatable bonds is 5. The summed E-state index contributed by atoms with van der Waals surface area (Å²) in [4.78, 5) is 14.4. The molecule has 0 atom stereocenters. The Morgan fingerprint density at radius 3 is 2.76 bits per heavy atom. The second-order valence-electron chi connectivity index (χ2n) is 4.71. The zero-order valence-electron chi connectivity index (χ0n) is 11.8. The molecule has 1 aromatic rings. The van der Waals surface area contributed by atoms with Crippen LogP contribution in [0.2, 0.25) is 0 Å². The van der Waals surface area contributed by atoms with Gasteiger partial charge in [0.25, 0.3) is 5.91 Å². The number of carbonyl (C=O) groups is 1. The second-order valence-corrected chi connectivity index (χ2v) is 6.39. The van der Waals surface area contributed by atoms with Crippen molar-refractivity contribution in [3.63, 3.8) is 0 Å². The zero-order valence-corrected chi connectivity index (χ0v) is 13.4. The third-order valence-electron chi connectivity index (χ3n) is 2.97. The largest absolute Gasteiger partial charge is 0.396 e. The number of amides is 1. The van der Waals surface area contributed by atoms with Gasteiger partial charge in [0.05, 0.1) is 4.91 Å². The first kappa shape index (κ1) is 15.9. The molecule has 110 valence electrons. The van der Waals surface area contributed by atoms with Crippen LogP contribution in [-0.2, 0) is 4.79 Å². The Labute approximate surface area is 134 Å². The van der Waals surface area contributed by atoms with Gasteiger partial charge in [-0.3, -0.25) is 9.69 Å². The first-order valence-corrected chi connectivity index (χ1v) is 7.94. The van der Waals surface area contributed by atoms with Crippen molar-refractivity contribution in [1.82, 2.24) is 4.90 Å². The molecule has 0 aliphatic carbocycles. The van der Waals surface area contributed by atoms with Crippen LogP contribution >= 0.6 is 24.0 Å². The van der Waals surface area contributed by atoms with E-state index in [1.807, 2.05) is 49.4 Å². The minimum Gasteiger partial charge on any atom is -0.396 e. The van der Waals surface area contributed by atoms with Crippen LogP contribution in [0.1, 0.15) is 18.9 Å². The maximum absolute atomic E-state index is 12.3. The summed E-state index contributed by atoms with van der Waals surface area (Å²) in [5.41, 5.74) is 2.10. The Hall–Kier alpha value is -1.43. The molecule has 21 heavy (non-hydrogen) atoms. The fourth-order valence-electron chi connectivity index (χ4n) is 1.98. The first-order chi connectivity index (χ1) is 10.1. The SMILES string of the molecule is CC(/C=C1\SC(=S)N(CCCO)C1=O)=C\c1ccccc1. The lowest BCUT2D eigenvalue weighted by atomic mass is 10.1. The van der Waals surface area contributed by atoms with Crippen molar-refractivity contribution in [3.05, 3.63) is 52.4 Å².